The number of carbonyl (C=O) groups excluding carboxylic acids is 1. The van der Waals surface area contributed by atoms with Crippen molar-refractivity contribution in [3.8, 4) is 5.88 Å². The third-order valence-electron chi connectivity index (χ3n) is 4.73. The number of hydrogen-bond donors (Lipinski definition) is 2. The van der Waals surface area contributed by atoms with Crippen LogP contribution in [0.4, 0.5) is 0 Å². The van der Waals surface area contributed by atoms with Crippen molar-refractivity contribution in [3.63, 3.8) is 0 Å². The van der Waals surface area contributed by atoms with Crippen molar-refractivity contribution in [2.24, 2.45) is 5.92 Å². The van der Waals surface area contributed by atoms with Crippen LogP contribution < -0.4 is 10.1 Å². The van der Waals surface area contributed by atoms with Crippen LogP contribution in [-0.2, 0) is 6.42 Å². The summed E-state index contributed by atoms with van der Waals surface area (Å²) in [5.74, 6) is 0.984. The molecular formula is C18H23N3O4. The highest BCUT2D eigenvalue weighted by molar-refractivity contribution is 5.96. The number of nitrogens with zero attached hydrogens (tertiary/aromatic N) is 2. The number of methoxy groups -OCH3 is 1. The van der Waals surface area contributed by atoms with Crippen molar-refractivity contribution >= 4 is 5.91 Å². The monoisotopic (exact) mass is 345 g/mol. The summed E-state index contributed by atoms with van der Waals surface area (Å²) in [5.41, 5.74) is 2.03. The van der Waals surface area contributed by atoms with Gasteiger partial charge in [0.25, 0.3) is 5.91 Å². The van der Waals surface area contributed by atoms with Gasteiger partial charge in [0, 0.05) is 12.3 Å². The summed E-state index contributed by atoms with van der Waals surface area (Å²) in [6.07, 6.45) is 3.33. The Morgan fingerprint density at radius 2 is 2.24 bits per heavy atom. The molecule has 0 spiro atoms. The molecule has 134 valence electrons. The summed E-state index contributed by atoms with van der Waals surface area (Å²) in [6.45, 7) is 3.67. The number of rotatable bonds is 6. The molecule has 2 aromatic heterocycles. The van der Waals surface area contributed by atoms with E-state index in [1.54, 1.807) is 26.3 Å². The summed E-state index contributed by atoms with van der Waals surface area (Å²) in [7, 11) is 1.56. The van der Waals surface area contributed by atoms with Gasteiger partial charge in [0.15, 0.2) is 0 Å². The fraction of sp³-hybridized carbons (Fsp3) is 0.500. The van der Waals surface area contributed by atoms with Crippen LogP contribution in [0.3, 0.4) is 0 Å². The van der Waals surface area contributed by atoms with Crippen LogP contribution >= 0.6 is 0 Å². The Morgan fingerprint density at radius 3 is 2.80 bits per heavy atom. The molecule has 1 fully saturated rings. The second-order valence-electron chi connectivity index (χ2n) is 6.38. The molecule has 2 heterocycles. The molecule has 0 aromatic carbocycles. The Bertz CT molecular complexity index is 735. The number of aryl methyl sites for hydroxylation is 2. The van der Waals surface area contributed by atoms with Crippen LogP contribution in [0.15, 0.2) is 22.9 Å². The Labute approximate surface area is 146 Å². The number of amides is 1. The minimum atomic E-state index is -0.306. The maximum atomic E-state index is 12.8. The summed E-state index contributed by atoms with van der Waals surface area (Å²) >= 11 is 0. The molecule has 1 aliphatic carbocycles. The van der Waals surface area contributed by atoms with Crippen molar-refractivity contribution in [3.05, 3.63) is 40.9 Å². The molecule has 0 radical (unpaired) electrons. The first-order valence-corrected chi connectivity index (χ1v) is 8.47. The van der Waals surface area contributed by atoms with E-state index in [2.05, 4.69) is 15.5 Å². The number of aliphatic hydroxyl groups is 1. The second-order valence-corrected chi connectivity index (χ2v) is 6.38. The summed E-state index contributed by atoms with van der Waals surface area (Å²) in [6, 6.07) is 3.43. The van der Waals surface area contributed by atoms with E-state index in [9.17, 15) is 9.90 Å². The third kappa shape index (κ3) is 3.51. The van der Waals surface area contributed by atoms with Gasteiger partial charge in [-0.25, -0.2) is 4.98 Å². The highest BCUT2D eigenvalue weighted by Gasteiger charge is 2.36. The zero-order valence-corrected chi connectivity index (χ0v) is 14.7. The van der Waals surface area contributed by atoms with Gasteiger partial charge in [-0.15, -0.1) is 0 Å². The standard InChI is InChI=1S/C18H23N3O4/c1-4-14-16(10(2)25-21-14)18(23)20-17(12-7-13(22)8-12)11-5-6-15(24-3)19-9-11/h5-6,9,12-13,17,22H,4,7-8H2,1-3H3,(H,20,23)/t12?,13?,17-/m1/s1. The zero-order valence-electron chi connectivity index (χ0n) is 14.7. The average molecular weight is 345 g/mol. The molecule has 2 aromatic rings. The molecule has 1 amide bonds. The maximum absolute atomic E-state index is 12.8. The van der Waals surface area contributed by atoms with Crippen LogP contribution in [0.25, 0.3) is 0 Å². The van der Waals surface area contributed by atoms with Crippen molar-refractivity contribution in [2.75, 3.05) is 7.11 Å². The predicted octanol–water partition coefficient (Wildman–Crippen LogP) is 2.19. The molecule has 0 saturated heterocycles. The number of ether oxygens (including phenoxy) is 1. The van der Waals surface area contributed by atoms with E-state index in [1.165, 1.54) is 0 Å². The number of nitrogens with one attached hydrogen (secondary N) is 1. The molecule has 25 heavy (non-hydrogen) atoms. The van der Waals surface area contributed by atoms with Crippen LogP contribution in [0, 0.1) is 12.8 Å². The number of hydrogen-bond acceptors (Lipinski definition) is 6. The Kier molecular flexibility index (Phi) is 5.03. The van der Waals surface area contributed by atoms with Crippen molar-refractivity contribution in [1.29, 1.82) is 0 Å². The van der Waals surface area contributed by atoms with E-state index in [0.717, 1.165) is 5.56 Å². The van der Waals surface area contributed by atoms with Crippen LogP contribution in [-0.4, -0.2) is 34.4 Å². The quantitative estimate of drug-likeness (QED) is 0.833. The first-order valence-electron chi connectivity index (χ1n) is 8.47. The first-order chi connectivity index (χ1) is 12.0. The van der Waals surface area contributed by atoms with E-state index in [0.29, 0.717) is 42.2 Å². The van der Waals surface area contributed by atoms with Crippen LogP contribution in [0.1, 0.15) is 53.2 Å². The maximum Gasteiger partial charge on any atom is 0.257 e. The minimum absolute atomic E-state index is 0.166. The van der Waals surface area contributed by atoms with Gasteiger partial charge >= 0.3 is 0 Å². The fourth-order valence-corrected chi connectivity index (χ4v) is 3.24. The highest BCUT2D eigenvalue weighted by atomic mass is 16.5. The van der Waals surface area contributed by atoms with Crippen LogP contribution in [0.5, 0.6) is 5.88 Å². The summed E-state index contributed by atoms with van der Waals surface area (Å²) in [5, 5.41) is 16.7. The van der Waals surface area contributed by atoms with E-state index >= 15 is 0 Å². The van der Waals surface area contributed by atoms with E-state index < -0.39 is 0 Å². The molecule has 1 atom stereocenters. The van der Waals surface area contributed by atoms with Crippen molar-refractivity contribution in [2.45, 2.75) is 45.3 Å². The Hall–Kier alpha value is -2.41. The Morgan fingerprint density at radius 1 is 1.48 bits per heavy atom. The lowest BCUT2D eigenvalue weighted by molar-refractivity contribution is 0.0234. The normalized spacial score (nSPS) is 20.6. The molecule has 1 saturated carbocycles. The molecular weight excluding hydrogens is 322 g/mol. The molecule has 3 rings (SSSR count). The van der Waals surface area contributed by atoms with Gasteiger partial charge in [-0.05, 0) is 37.7 Å². The van der Waals surface area contributed by atoms with Gasteiger partial charge in [-0.2, -0.15) is 0 Å². The largest absolute Gasteiger partial charge is 0.481 e. The lowest BCUT2D eigenvalue weighted by Gasteiger charge is -2.38. The van der Waals surface area contributed by atoms with E-state index in [1.807, 2.05) is 13.0 Å². The molecule has 0 bridgehead atoms. The number of carbonyl (C=O) groups is 1. The first kappa shape index (κ1) is 17.4. The average Bonchev–Trinajstić information content (AvgIpc) is 2.98. The predicted molar refractivity (Wildman–Crippen MR) is 90.3 cm³/mol. The second kappa shape index (κ2) is 7.23. The molecule has 1 aliphatic rings. The van der Waals surface area contributed by atoms with E-state index in [-0.39, 0.29) is 24.0 Å². The molecule has 0 aliphatic heterocycles. The molecule has 0 unspecified atom stereocenters. The number of pyridine rings is 1. The highest BCUT2D eigenvalue weighted by Crippen LogP contribution is 2.38. The lowest BCUT2D eigenvalue weighted by atomic mass is 9.75. The zero-order chi connectivity index (χ0) is 18.0. The summed E-state index contributed by atoms with van der Waals surface area (Å²) in [4.78, 5) is 17.1. The van der Waals surface area contributed by atoms with Gasteiger partial charge in [0.2, 0.25) is 5.88 Å². The smallest absolute Gasteiger partial charge is 0.257 e. The van der Waals surface area contributed by atoms with Gasteiger partial charge in [0.05, 0.1) is 24.9 Å². The molecule has 2 N–H and O–H groups in total. The van der Waals surface area contributed by atoms with Gasteiger partial charge in [-0.1, -0.05) is 18.1 Å². The van der Waals surface area contributed by atoms with Crippen molar-refractivity contribution < 1.29 is 19.2 Å². The number of aromatic nitrogens is 2. The minimum Gasteiger partial charge on any atom is -0.481 e. The fourth-order valence-electron chi connectivity index (χ4n) is 3.24. The van der Waals surface area contributed by atoms with Gasteiger partial charge in [0.1, 0.15) is 11.3 Å². The van der Waals surface area contributed by atoms with Gasteiger partial charge < -0.3 is 19.7 Å². The lowest BCUT2D eigenvalue weighted by Crippen LogP contribution is -2.41. The van der Waals surface area contributed by atoms with Crippen LogP contribution in [0.2, 0.25) is 0 Å². The number of aliphatic hydroxyl groups excluding tert-OH is 1. The van der Waals surface area contributed by atoms with Gasteiger partial charge in [-0.3, -0.25) is 4.79 Å². The topological polar surface area (TPSA) is 97.5 Å². The molecule has 7 heteroatoms. The van der Waals surface area contributed by atoms with Crippen molar-refractivity contribution in [1.82, 2.24) is 15.5 Å². The Balaban J connectivity index is 1.84. The summed E-state index contributed by atoms with van der Waals surface area (Å²) < 4.78 is 10.3. The van der Waals surface area contributed by atoms with E-state index in [4.69, 9.17) is 9.26 Å². The SMILES string of the molecule is CCc1noc(C)c1C(=O)N[C@H](c1ccc(OC)nc1)C1CC(O)C1. The third-order valence-corrected chi connectivity index (χ3v) is 4.73. The molecule has 7 nitrogen and oxygen atoms in total.